The first-order valence-electron chi connectivity index (χ1n) is 11.1. The number of nitrogens with zero attached hydrogens (tertiary/aromatic N) is 1. The summed E-state index contributed by atoms with van der Waals surface area (Å²) in [7, 11) is -3.26. The highest BCUT2D eigenvalue weighted by molar-refractivity contribution is 7.91. The molecule has 0 spiro atoms. The maximum atomic E-state index is 13.7. The van der Waals surface area contributed by atoms with Gasteiger partial charge in [-0.25, -0.2) is 8.42 Å². The lowest BCUT2D eigenvalue weighted by molar-refractivity contribution is 0.0662. The number of aryl methyl sites for hydroxylation is 2. The summed E-state index contributed by atoms with van der Waals surface area (Å²) in [4.78, 5) is 28.8. The summed E-state index contributed by atoms with van der Waals surface area (Å²) >= 11 is 0. The fourth-order valence-electron chi connectivity index (χ4n) is 4.85. The minimum absolute atomic E-state index is 0.0120. The molecule has 34 heavy (non-hydrogen) atoms. The van der Waals surface area contributed by atoms with Gasteiger partial charge in [-0.3, -0.25) is 9.59 Å². The summed E-state index contributed by atoms with van der Waals surface area (Å²) in [6.45, 7) is 7.82. The average molecular weight is 480 g/mol. The molecule has 7 nitrogen and oxygen atoms in total. The molecule has 0 aliphatic carbocycles. The number of hydrogen-bond acceptors (Lipinski definition) is 6. The minimum Gasteiger partial charge on any atom is -0.490 e. The van der Waals surface area contributed by atoms with E-state index in [0.29, 0.717) is 35.3 Å². The molecule has 176 valence electrons. The summed E-state index contributed by atoms with van der Waals surface area (Å²) in [6.07, 6.45) is 1.97. The second-order valence-corrected chi connectivity index (χ2v) is 11.2. The highest BCUT2D eigenvalue weighted by Gasteiger charge is 2.48. The van der Waals surface area contributed by atoms with Gasteiger partial charge in [-0.1, -0.05) is 24.8 Å². The van der Waals surface area contributed by atoms with Crippen LogP contribution < -0.4 is 10.2 Å². The Labute approximate surface area is 197 Å². The molecule has 1 amide bonds. The molecular weight excluding hydrogens is 454 g/mol. The zero-order chi connectivity index (χ0) is 24.2. The number of benzene rings is 2. The fraction of sp³-hybridized carbons (Fsp3) is 0.308. The van der Waals surface area contributed by atoms with E-state index in [2.05, 4.69) is 6.58 Å². The standard InChI is InChI=1S/C26H25NO6S/c1-4-10-32-19-7-5-17(6-8-19)23-22-24(28)20-12-15(2)16(3)13-21(20)33-25(22)26(29)27(23)18-9-11-34(30,31)14-18/h4-8,12-13,18,23H,1,9-11,14H2,2-3H3. The lowest BCUT2D eigenvalue weighted by atomic mass is 9.96. The molecule has 0 bridgehead atoms. The zero-order valence-corrected chi connectivity index (χ0v) is 19.9. The van der Waals surface area contributed by atoms with Gasteiger partial charge in [0.25, 0.3) is 5.91 Å². The van der Waals surface area contributed by atoms with Gasteiger partial charge in [0.15, 0.2) is 15.3 Å². The van der Waals surface area contributed by atoms with Crippen LogP contribution >= 0.6 is 0 Å². The lowest BCUT2D eigenvalue weighted by Crippen LogP contribution is -2.40. The number of carbonyl (C=O) groups is 1. The number of ether oxygens (including phenoxy) is 1. The second kappa shape index (κ2) is 8.13. The van der Waals surface area contributed by atoms with Crippen LogP contribution in [-0.4, -0.2) is 43.4 Å². The summed E-state index contributed by atoms with van der Waals surface area (Å²) in [5.41, 5.74) is 2.93. The van der Waals surface area contributed by atoms with Crippen LogP contribution in [0.15, 0.2) is 58.3 Å². The number of sulfone groups is 1. The van der Waals surface area contributed by atoms with E-state index in [1.165, 1.54) is 4.90 Å². The smallest absolute Gasteiger partial charge is 0.291 e. The number of carbonyl (C=O) groups excluding carboxylic acids is 1. The van der Waals surface area contributed by atoms with Gasteiger partial charge in [-0.05, 0) is 61.2 Å². The third-order valence-electron chi connectivity index (χ3n) is 6.69. The Bertz CT molecular complexity index is 1490. The van der Waals surface area contributed by atoms with Crippen LogP contribution in [0.25, 0.3) is 11.0 Å². The van der Waals surface area contributed by atoms with Crippen LogP contribution in [0.3, 0.4) is 0 Å². The maximum absolute atomic E-state index is 13.7. The number of fused-ring (bicyclic) bond motifs is 2. The third kappa shape index (κ3) is 3.62. The number of rotatable bonds is 5. The van der Waals surface area contributed by atoms with Gasteiger partial charge in [-0.2, -0.15) is 0 Å². The van der Waals surface area contributed by atoms with Gasteiger partial charge in [0.05, 0.1) is 28.5 Å². The highest BCUT2D eigenvalue weighted by atomic mass is 32.2. The van der Waals surface area contributed by atoms with Crippen molar-refractivity contribution in [1.82, 2.24) is 4.90 Å². The quantitative estimate of drug-likeness (QED) is 0.518. The molecule has 5 rings (SSSR count). The molecule has 3 aromatic rings. The van der Waals surface area contributed by atoms with Crippen LogP contribution in [-0.2, 0) is 9.84 Å². The molecule has 8 heteroatoms. The van der Waals surface area contributed by atoms with Crippen molar-refractivity contribution >= 4 is 26.7 Å². The van der Waals surface area contributed by atoms with Crippen molar-refractivity contribution in [3.8, 4) is 5.75 Å². The van der Waals surface area contributed by atoms with Gasteiger partial charge in [0, 0.05) is 6.04 Å². The van der Waals surface area contributed by atoms with Gasteiger partial charge in [-0.15, -0.1) is 0 Å². The van der Waals surface area contributed by atoms with Crippen molar-refractivity contribution in [3.63, 3.8) is 0 Å². The van der Waals surface area contributed by atoms with E-state index in [9.17, 15) is 18.0 Å². The largest absolute Gasteiger partial charge is 0.490 e. The van der Waals surface area contributed by atoms with E-state index in [0.717, 1.165) is 11.1 Å². The first-order chi connectivity index (χ1) is 16.2. The van der Waals surface area contributed by atoms with Crippen LogP contribution in [0.4, 0.5) is 0 Å². The molecule has 2 atom stereocenters. The van der Waals surface area contributed by atoms with E-state index in [1.807, 2.05) is 13.8 Å². The van der Waals surface area contributed by atoms with Gasteiger partial charge < -0.3 is 14.1 Å². The second-order valence-electron chi connectivity index (χ2n) is 8.95. The molecule has 1 saturated heterocycles. The Hall–Kier alpha value is -3.39. The summed E-state index contributed by atoms with van der Waals surface area (Å²) in [5, 5.41) is 0.409. The first-order valence-corrected chi connectivity index (χ1v) is 13.0. The maximum Gasteiger partial charge on any atom is 0.291 e. The molecule has 0 radical (unpaired) electrons. The Kier molecular flexibility index (Phi) is 5.36. The van der Waals surface area contributed by atoms with Crippen molar-refractivity contribution < 1.29 is 22.4 Å². The average Bonchev–Trinajstić information content (AvgIpc) is 3.30. The predicted octanol–water partition coefficient (Wildman–Crippen LogP) is 3.71. The molecule has 1 fully saturated rings. The molecule has 2 unspecified atom stereocenters. The van der Waals surface area contributed by atoms with Crippen LogP contribution in [0.1, 0.15) is 45.3 Å². The summed E-state index contributed by atoms with van der Waals surface area (Å²) in [6, 6.07) is 9.40. The van der Waals surface area contributed by atoms with Crippen molar-refractivity contribution in [2.45, 2.75) is 32.4 Å². The fourth-order valence-corrected chi connectivity index (χ4v) is 6.56. The van der Waals surface area contributed by atoms with Crippen LogP contribution in [0.2, 0.25) is 0 Å². The topological polar surface area (TPSA) is 93.9 Å². The monoisotopic (exact) mass is 479 g/mol. The van der Waals surface area contributed by atoms with Crippen molar-refractivity contribution in [2.24, 2.45) is 0 Å². The van der Waals surface area contributed by atoms with Crippen LogP contribution in [0, 0.1) is 13.8 Å². The molecule has 2 aliphatic heterocycles. The SMILES string of the molecule is C=CCOc1ccc(C2c3c(oc4cc(C)c(C)cc4c3=O)C(=O)N2C2CCS(=O)(=O)C2)cc1. The van der Waals surface area contributed by atoms with E-state index < -0.39 is 27.8 Å². The molecule has 0 saturated carbocycles. The normalized spacial score (nSPS) is 21.1. The zero-order valence-electron chi connectivity index (χ0n) is 19.0. The van der Waals surface area contributed by atoms with Gasteiger partial charge >= 0.3 is 0 Å². The van der Waals surface area contributed by atoms with E-state index in [4.69, 9.17) is 9.15 Å². The third-order valence-corrected chi connectivity index (χ3v) is 8.44. The van der Waals surface area contributed by atoms with Gasteiger partial charge in [0.2, 0.25) is 5.76 Å². The molecular formula is C26H25NO6S. The first kappa shape index (κ1) is 22.4. The van der Waals surface area contributed by atoms with Crippen molar-refractivity contribution in [3.05, 3.63) is 87.3 Å². The Morgan fingerprint density at radius 2 is 1.85 bits per heavy atom. The van der Waals surface area contributed by atoms with E-state index >= 15 is 0 Å². The summed E-state index contributed by atoms with van der Waals surface area (Å²) < 4.78 is 36.1. The molecule has 1 aromatic heterocycles. The molecule has 2 aromatic carbocycles. The number of amides is 1. The number of hydrogen-bond donors (Lipinski definition) is 0. The lowest BCUT2D eigenvalue weighted by Gasteiger charge is -2.30. The van der Waals surface area contributed by atoms with E-state index in [1.54, 1.807) is 42.5 Å². The molecule has 2 aliphatic rings. The Morgan fingerprint density at radius 3 is 2.50 bits per heavy atom. The predicted molar refractivity (Wildman–Crippen MR) is 129 cm³/mol. The van der Waals surface area contributed by atoms with Crippen LogP contribution in [0.5, 0.6) is 5.75 Å². The van der Waals surface area contributed by atoms with Gasteiger partial charge in [0.1, 0.15) is 17.9 Å². The molecule has 0 N–H and O–H groups in total. The van der Waals surface area contributed by atoms with Crippen molar-refractivity contribution in [2.75, 3.05) is 18.1 Å². The van der Waals surface area contributed by atoms with E-state index in [-0.39, 0.29) is 28.3 Å². The minimum atomic E-state index is -3.26. The Balaban J connectivity index is 1.70. The van der Waals surface area contributed by atoms with Crippen molar-refractivity contribution in [1.29, 1.82) is 0 Å². The summed E-state index contributed by atoms with van der Waals surface area (Å²) in [5.74, 6) is 0.0455. The highest BCUT2D eigenvalue weighted by Crippen LogP contribution is 2.42. The Morgan fingerprint density at radius 1 is 1.15 bits per heavy atom. The molecule has 3 heterocycles.